The van der Waals surface area contributed by atoms with E-state index in [4.69, 9.17) is 16.3 Å². The van der Waals surface area contributed by atoms with Crippen LogP contribution in [0.4, 0.5) is 5.69 Å². The van der Waals surface area contributed by atoms with Crippen molar-refractivity contribution in [3.8, 4) is 11.4 Å². The Bertz CT molecular complexity index is 1470. The predicted octanol–water partition coefficient (Wildman–Crippen LogP) is 4.16. The van der Waals surface area contributed by atoms with Crippen LogP contribution < -0.4 is 15.0 Å². The van der Waals surface area contributed by atoms with Crippen LogP contribution in [0.25, 0.3) is 16.6 Å². The molecule has 0 aliphatic heterocycles. The van der Waals surface area contributed by atoms with E-state index in [1.807, 2.05) is 6.07 Å². The van der Waals surface area contributed by atoms with Gasteiger partial charge in [0.2, 0.25) is 0 Å². The summed E-state index contributed by atoms with van der Waals surface area (Å²) in [6.45, 7) is 1.73. The molecule has 0 saturated heterocycles. The van der Waals surface area contributed by atoms with Crippen LogP contribution in [-0.2, 0) is 10.0 Å². The van der Waals surface area contributed by atoms with Crippen molar-refractivity contribution in [3.05, 3.63) is 87.9 Å². The number of nitrogens with zero attached hydrogens (tertiary/aromatic N) is 2. The molecule has 0 saturated carbocycles. The van der Waals surface area contributed by atoms with E-state index < -0.39 is 10.0 Å². The van der Waals surface area contributed by atoms with E-state index in [1.54, 1.807) is 49.4 Å². The summed E-state index contributed by atoms with van der Waals surface area (Å²) in [5, 5.41) is 0.793. The molecule has 9 heteroatoms. The molecular weight excluding hydrogens is 438 g/mol. The third-order valence-corrected chi connectivity index (χ3v) is 6.34. The molecule has 7 nitrogen and oxygen atoms in total. The summed E-state index contributed by atoms with van der Waals surface area (Å²) in [5.41, 5.74) is 1.12. The van der Waals surface area contributed by atoms with Crippen LogP contribution in [0.2, 0.25) is 5.02 Å². The number of sulfonamides is 1. The number of hydrogen-bond acceptors (Lipinski definition) is 5. The number of hydrogen-bond donors (Lipinski definition) is 1. The molecule has 4 rings (SSSR count). The summed E-state index contributed by atoms with van der Waals surface area (Å²) in [5.74, 6) is 0.751. The maximum Gasteiger partial charge on any atom is 0.265 e. The van der Waals surface area contributed by atoms with Crippen molar-refractivity contribution in [2.45, 2.75) is 11.8 Å². The SMILES string of the molecule is COc1cc(-n2c(C)nc3ccccc3c2=O)ccc1NS(=O)(=O)c1cccc(Cl)c1. The van der Waals surface area contributed by atoms with Crippen molar-refractivity contribution in [1.82, 2.24) is 9.55 Å². The summed E-state index contributed by atoms with van der Waals surface area (Å²) >= 11 is 5.92. The molecule has 4 aromatic rings. The molecule has 0 radical (unpaired) electrons. The van der Waals surface area contributed by atoms with Crippen molar-refractivity contribution in [3.63, 3.8) is 0 Å². The zero-order valence-electron chi connectivity index (χ0n) is 16.7. The first-order valence-electron chi connectivity index (χ1n) is 9.25. The Kier molecular flexibility index (Phi) is 5.43. The lowest BCUT2D eigenvalue weighted by Gasteiger charge is -2.15. The van der Waals surface area contributed by atoms with Crippen molar-refractivity contribution >= 4 is 38.2 Å². The van der Waals surface area contributed by atoms with E-state index in [9.17, 15) is 13.2 Å². The number of methoxy groups -OCH3 is 1. The molecule has 0 spiro atoms. The summed E-state index contributed by atoms with van der Waals surface area (Å²) in [7, 11) is -2.47. The van der Waals surface area contributed by atoms with Crippen LogP contribution >= 0.6 is 11.6 Å². The molecule has 31 heavy (non-hydrogen) atoms. The molecule has 158 valence electrons. The van der Waals surface area contributed by atoms with Crippen molar-refractivity contribution in [2.75, 3.05) is 11.8 Å². The molecule has 0 aliphatic rings. The molecule has 0 unspecified atom stereocenters. The van der Waals surface area contributed by atoms with E-state index in [1.165, 1.54) is 29.9 Å². The van der Waals surface area contributed by atoms with Crippen LogP contribution in [0.15, 0.2) is 76.4 Å². The highest BCUT2D eigenvalue weighted by Crippen LogP contribution is 2.30. The van der Waals surface area contributed by atoms with Crippen molar-refractivity contribution in [1.29, 1.82) is 0 Å². The van der Waals surface area contributed by atoms with E-state index in [-0.39, 0.29) is 21.9 Å². The quantitative estimate of drug-likeness (QED) is 0.488. The van der Waals surface area contributed by atoms with Gasteiger partial charge in [0.25, 0.3) is 15.6 Å². The highest BCUT2D eigenvalue weighted by Gasteiger charge is 2.18. The molecule has 0 amide bonds. The van der Waals surface area contributed by atoms with Gasteiger partial charge in [0.15, 0.2) is 0 Å². The molecule has 0 bridgehead atoms. The van der Waals surface area contributed by atoms with E-state index in [2.05, 4.69) is 9.71 Å². The van der Waals surface area contributed by atoms with Crippen LogP contribution in [0, 0.1) is 6.92 Å². The lowest BCUT2D eigenvalue weighted by atomic mass is 10.2. The van der Waals surface area contributed by atoms with Gasteiger partial charge in [0.1, 0.15) is 11.6 Å². The Morgan fingerprint density at radius 1 is 1.03 bits per heavy atom. The Morgan fingerprint density at radius 3 is 2.55 bits per heavy atom. The van der Waals surface area contributed by atoms with Gasteiger partial charge in [-0.1, -0.05) is 29.8 Å². The smallest absolute Gasteiger partial charge is 0.265 e. The normalized spacial score (nSPS) is 11.5. The van der Waals surface area contributed by atoms with Gasteiger partial charge in [0.05, 0.1) is 34.3 Å². The van der Waals surface area contributed by atoms with Gasteiger partial charge < -0.3 is 4.74 Å². The number of anilines is 1. The van der Waals surface area contributed by atoms with Crippen LogP contribution in [0.3, 0.4) is 0 Å². The standard InChI is InChI=1S/C22H18ClN3O4S/c1-14-24-19-9-4-3-8-18(19)22(27)26(14)16-10-11-20(21(13-16)30-2)25-31(28,29)17-7-5-6-15(23)12-17/h3-13,25H,1-2H3. The highest BCUT2D eigenvalue weighted by molar-refractivity contribution is 7.92. The maximum atomic E-state index is 13.0. The number of nitrogens with one attached hydrogen (secondary N) is 1. The molecular formula is C22H18ClN3O4S. The number of aryl methyl sites for hydroxylation is 1. The zero-order chi connectivity index (χ0) is 22.2. The van der Waals surface area contributed by atoms with Crippen LogP contribution in [0.5, 0.6) is 5.75 Å². The highest BCUT2D eigenvalue weighted by atomic mass is 35.5. The summed E-state index contributed by atoms with van der Waals surface area (Å²) < 4.78 is 34.8. The fourth-order valence-corrected chi connectivity index (χ4v) is 4.66. The Hall–Kier alpha value is -3.36. The maximum absolute atomic E-state index is 13.0. The van der Waals surface area contributed by atoms with Gasteiger partial charge in [0, 0.05) is 11.1 Å². The van der Waals surface area contributed by atoms with Gasteiger partial charge in [-0.15, -0.1) is 0 Å². The Balaban J connectivity index is 1.78. The number of halogens is 1. The van der Waals surface area contributed by atoms with Gasteiger partial charge >= 0.3 is 0 Å². The number of fused-ring (bicyclic) bond motifs is 1. The second kappa shape index (κ2) is 8.05. The van der Waals surface area contributed by atoms with Gasteiger partial charge in [-0.2, -0.15) is 0 Å². The second-order valence-electron chi connectivity index (χ2n) is 6.76. The summed E-state index contributed by atoms with van der Waals surface area (Å²) in [4.78, 5) is 17.6. The van der Waals surface area contributed by atoms with Crippen LogP contribution in [0.1, 0.15) is 5.82 Å². The summed E-state index contributed by atoms with van der Waals surface area (Å²) in [6, 6.07) is 17.8. The van der Waals surface area contributed by atoms with Crippen molar-refractivity contribution in [2.24, 2.45) is 0 Å². The number of benzene rings is 3. The Morgan fingerprint density at radius 2 is 1.81 bits per heavy atom. The second-order valence-corrected chi connectivity index (χ2v) is 8.88. The number of aromatic nitrogens is 2. The van der Waals surface area contributed by atoms with E-state index >= 15 is 0 Å². The first-order valence-corrected chi connectivity index (χ1v) is 11.1. The largest absolute Gasteiger partial charge is 0.494 e. The fourth-order valence-electron chi connectivity index (χ4n) is 3.29. The van der Waals surface area contributed by atoms with Gasteiger partial charge in [-0.05, 0) is 49.4 Å². The van der Waals surface area contributed by atoms with E-state index in [0.717, 1.165) is 0 Å². The minimum absolute atomic E-state index is 0.0249. The first-order chi connectivity index (χ1) is 14.8. The Labute approximate surface area is 183 Å². The van der Waals surface area contributed by atoms with E-state index in [0.29, 0.717) is 27.4 Å². The molecule has 0 aliphatic carbocycles. The third-order valence-electron chi connectivity index (χ3n) is 4.74. The monoisotopic (exact) mass is 455 g/mol. The fraction of sp³-hybridized carbons (Fsp3) is 0.0909. The summed E-state index contributed by atoms with van der Waals surface area (Å²) in [6.07, 6.45) is 0. The van der Waals surface area contributed by atoms with Crippen LogP contribution in [-0.4, -0.2) is 25.1 Å². The predicted molar refractivity (Wildman–Crippen MR) is 121 cm³/mol. The lowest BCUT2D eigenvalue weighted by molar-refractivity contribution is 0.416. The number of para-hydroxylation sites is 1. The molecule has 1 N–H and O–H groups in total. The topological polar surface area (TPSA) is 90.3 Å². The third kappa shape index (κ3) is 3.99. The van der Waals surface area contributed by atoms with Gasteiger partial charge in [-0.3, -0.25) is 14.1 Å². The molecule has 0 fully saturated rings. The minimum atomic E-state index is -3.89. The lowest BCUT2D eigenvalue weighted by Crippen LogP contribution is -2.22. The molecule has 1 heterocycles. The average molecular weight is 456 g/mol. The molecule has 0 atom stereocenters. The molecule has 1 aromatic heterocycles. The van der Waals surface area contributed by atoms with Crippen molar-refractivity contribution < 1.29 is 13.2 Å². The first kappa shape index (κ1) is 20.9. The number of ether oxygens (including phenoxy) is 1. The van der Waals surface area contributed by atoms with Gasteiger partial charge in [-0.25, -0.2) is 13.4 Å². The minimum Gasteiger partial charge on any atom is -0.494 e. The average Bonchev–Trinajstić information content (AvgIpc) is 2.74. The molecule has 3 aromatic carbocycles. The zero-order valence-corrected chi connectivity index (χ0v) is 18.2. The number of rotatable bonds is 5.